The van der Waals surface area contributed by atoms with Gasteiger partial charge in [-0.15, -0.1) is 36.3 Å². The third-order valence-electron chi connectivity index (χ3n) is 4.21. The molecule has 1 N–H and O–H groups in total. The van der Waals surface area contributed by atoms with E-state index in [4.69, 9.17) is 4.74 Å². The first-order valence-electron chi connectivity index (χ1n) is 8.60. The first kappa shape index (κ1) is 26.7. The van der Waals surface area contributed by atoms with Crippen molar-refractivity contribution in [3.8, 4) is 0 Å². The maximum Gasteiger partial charge on any atom is 1.00 e. The second-order valence-electron chi connectivity index (χ2n) is 6.37. The number of hydrogen-bond donors (Lipinski definition) is 1. The zero-order valence-corrected chi connectivity index (χ0v) is 20.3. The number of fused-ring (bicyclic) bond motifs is 1. The van der Waals surface area contributed by atoms with Crippen LogP contribution >= 0.6 is 23.1 Å². The summed E-state index contributed by atoms with van der Waals surface area (Å²) < 4.78 is 46.3. The molecule has 2 amide bonds. The van der Waals surface area contributed by atoms with Crippen molar-refractivity contribution in [2.45, 2.75) is 37.4 Å². The topological polar surface area (TPSA) is 125 Å². The number of ether oxygens (including phenoxy) is 2. The average Bonchev–Trinajstić information content (AvgIpc) is 3.16. The van der Waals surface area contributed by atoms with Gasteiger partial charge >= 0.3 is 41.9 Å². The molecule has 2 aliphatic rings. The number of alkyl halides is 3. The summed E-state index contributed by atoms with van der Waals surface area (Å²) in [6, 6.07) is 3.41. The summed E-state index contributed by atoms with van der Waals surface area (Å²) >= 11 is 2.07. The first-order valence-corrected chi connectivity index (χ1v) is 10.5. The van der Waals surface area contributed by atoms with E-state index < -0.39 is 53.5 Å². The van der Waals surface area contributed by atoms with Crippen molar-refractivity contribution in [2.75, 3.05) is 5.75 Å². The van der Waals surface area contributed by atoms with E-state index >= 15 is 0 Å². The number of halogens is 3. The molecule has 9 nitrogen and oxygen atoms in total. The SMILES string of the molecule is CC(=O)OC(NC(=O)Cc1cccs1)C1=C(C(=O)[O-])N2C(=O)[C@@H](OC(F)(F)F)[C@H]2SC1.[Na+]. The van der Waals surface area contributed by atoms with Crippen LogP contribution in [0.15, 0.2) is 28.8 Å². The van der Waals surface area contributed by atoms with Crippen LogP contribution in [-0.4, -0.2) is 58.5 Å². The Morgan fingerprint density at radius 1 is 1.38 bits per heavy atom. The van der Waals surface area contributed by atoms with E-state index in [9.17, 15) is 37.5 Å². The number of rotatable bonds is 7. The first-order chi connectivity index (χ1) is 14.5. The van der Waals surface area contributed by atoms with E-state index in [1.54, 1.807) is 17.5 Å². The van der Waals surface area contributed by atoms with Crippen LogP contribution in [0.25, 0.3) is 0 Å². The fraction of sp³-hybridized carbons (Fsp3) is 0.412. The summed E-state index contributed by atoms with van der Waals surface area (Å²) in [4.78, 5) is 49.0. The molecular formula is C17H14F3N2NaO7S2. The summed E-state index contributed by atoms with van der Waals surface area (Å²) in [6.07, 6.45) is -8.64. The van der Waals surface area contributed by atoms with Gasteiger partial charge in [0, 0.05) is 23.1 Å². The van der Waals surface area contributed by atoms with Gasteiger partial charge in [0.25, 0.3) is 5.91 Å². The Balaban J connectivity index is 0.00000363. The van der Waals surface area contributed by atoms with E-state index in [-0.39, 0.29) is 47.3 Å². The molecule has 32 heavy (non-hydrogen) atoms. The molecule has 3 atom stereocenters. The van der Waals surface area contributed by atoms with Gasteiger partial charge in [0.2, 0.25) is 12.1 Å². The number of thiophene rings is 1. The third-order valence-corrected chi connectivity index (χ3v) is 6.36. The van der Waals surface area contributed by atoms with Gasteiger partial charge in [-0.25, -0.2) is 0 Å². The number of carboxylic acid groups (broad SMARTS) is 1. The molecule has 1 aromatic heterocycles. The Hall–Kier alpha value is -1.58. The molecule has 0 aromatic carbocycles. The molecule has 3 rings (SSSR count). The molecule has 1 fully saturated rings. The minimum absolute atomic E-state index is 0. The van der Waals surface area contributed by atoms with Crippen molar-refractivity contribution in [3.05, 3.63) is 33.7 Å². The molecule has 0 spiro atoms. The molecule has 0 aliphatic carbocycles. The smallest absolute Gasteiger partial charge is 0.543 e. The Kier molecular flexibility index (Phi) is 8.81. The molecule has 2 aliphatic heterocycles. The number of aliphatic carboxylic acids is 1. The molecule has 0 radical (unpaired) electrons. The summed E-state index contributed by atoms with van der Waals surface area (Å²) in [5, 5.41) is 14.6. The van der Waals surface area contributed by atoms with Crippen molar-refractivity contribution in [3.63, 3.8) is 0 Å². The van der Waals surface area contributed by atoms with E-state index in [0.29, 0.717) is 9.78 Å². The monoisotopic (exact) mass is 502 g/mol. The van der Waals surface area contributed by atoms with E-state index in [1.165, 1.54) is 11.3 Å². The Labute approximate surface area is 209 Å². The number of nitrogens with zero attached hydrogens (tertiary/aromatic N) is 1. The maximum atomic E-state index is 12.5. The van der Waals surface area contributed by atoms with Crippen LogP contribution in [0.3, 0.4) is 0 Å². The molecule has 1 unspecified atom stereocenters. The number of carboxylic acids is 1. The number of thioether (sulfide) groups is 1. The van der Waals surface area contributed by atoms with Crippen LogP contribution in [-0.2, 0) is 35.1 Å². The van der Waals surface area contributed by atoms with E-state index in [2.05, 4.69) is 10.1 Å². The molecule has 15 heteroatoms. The fourth-order valence-corrected chi connectivity index (χ4v) is 5.09. The van der Waals surface area contributed by atoms with Gasteiger partial charge in [-0.2, -0.15) is 0 Å². The van der Waals surface area contributed by atoms with Crippen LogP contribution in [0, 0.1) is 0 Å². The number of hydrogen-bond acceptors (Lipinski definition) is 9. The van der Waals surface area contributed by atoms with Crippen LogP contribution in [0.1, 0.15) is 11.8 Å². The normalized spacial score (nSPS) is 21.1. The zero-order valence-electron chi connectivity index (χ0n) is 16.6. The molecule has 3 heterocycles. The van der Waals surface area contributed by atoms with Gasteiger partial charge in [-0.05, 0) is 11.4 Å². The standard InChI is InChI=1S/C17H15F3N2O7S2.Na/c1-7(23)28-13(21-10(24)5-8-3-2-4-30-8)9-6-31-15-12(29-17(18,19)20)14(25)22(15)11(9)16(26)27;/h2-4,12-13,15H,5-6H2,1H3,(H,21,24)(H,26,27);/q;+1/p-1/t12-,13?,15-;/m1./s1. The van der Waals surface area contributed by atoms with Crippen molar-refractivity contribution in [1.29, 1.82) is 0 Å². The molecular weight excluding hydrogens is 488 g/mol. The molecule has 168 valence electrons. The van der Waals surface area contributed by atoms with Crippen molar-refractivity contribution in [2.24, 2.45) is 0 Å². The second kappa shape index (κ2) is 10.6. The van der Waals surface area contributed by atoms with E-state index in [0.717, 1.165) is 18.7 Å². The molecule has 0 bridgehead atoms. The number of carbonyl (C=O) groups is 4. The van der Waals surface area contributed by atoms with Crippen LogP contribution in [0.5, 0.6) is 0 Å². The Morgan fingerprint density at radius 3 is 2.59 bits per heavy atom. The van der Waals surface area contributed by atoms with Crippen molar-refractivity contribution in [1.82, 2.24) is 10.2 Å². The maximum absolute atomic E-state index is 12.5. The predicted octanol–water partition coefficient (Wildman–Crippen LogP) is -2.88. The number of carbonyl (C=O) groups excluding carboxylic acids is 4. The molecule has 0 saturated carbocycles. The number of esters is 1. The van der Waals surface area contributed by atoms with Gasteiger partial charge in [0.05, 0.1) is 18.1 Å². The van der Waals surface area contributed by atoms with Crippen LogP contribution < -0.4 is 40.0 Å². The summed E-state index contributed by atoms with van der Waals surface area (Å²) in [7, 11) is 0. The fourth-order valence-electron chi connectivity index (χ4n) is 3.04. The Morgan fingerprint density at radius 2 is 2.06 bits per heavy atom. The minimum atomic E-state index is -5.09. The van der Waals surface area contributed by atoms with E-state index in [1.807, 2.05) is 0 Å². The molecule has 1 aromatic rings. The van der Waals surface area contributed by atoms with Crippen molar-refractivity contribution >= 4 is 46.9 Å². The Bertz CT molecular complexity index is 939. The quantitative estimate of drug-likeness (QED) is 0.183. The summed E-state index contributed by atoms with van der Waals surface area (Å²) in [5.74, 6) is -4.82. The predicted molar refractivity (Wildman–Crippen MR) is 97.8 cm³/mol. The van der Waals surface area contributed by atoms with Gasteiger partial charge in [-0.1, -0.05) is 6.07 Å². The average molecular weight is 502 g/mol. The van der Waals surface area contributed by atoms with Gasteiger partial charge < -0.3 is 20.0 Å². The second-order valence-corrected chi connectivity index (χ2v) is 8.51. The van der Waals surface area contributed by atoms with Crippen LogP contribution in [0.2, 0.25) is 0 Å². The van der Waals surface area contributed by atoms with Gasteiger partial charge in [0.1, 0.15) is 5.37 Å². The minimum Gasteiger partial charge on any atom is -0.543 e. The molecule has 1 saturated heterocycles. The number of nitrogens with one attached hydrogen (secondary N) is 1. The summed E-state index contributed by atoms with van der Waals surface area (Å²) in [6.45, 7) is 1.03. The van der Waals surface area contributed by atoms with Gasteiger partial charge in [-0.3, -0.25) is 24.0 Å². The van der Waals surface area contributed by atoms with Gasteiger partial charge in [0.15, 0.2) is 6.10 Å². The number of amides is 2. The zero-order chi connectivity index (χ0) is 22.9. The van der Waals surface area contributed by atoms with Crippen LogP contribution in [0.4, 0.5) is 13.2 Å². The third kappa shape index (κ3) is 6.05. The largest absolute Gasteiger partial charge is 1.00 e. The van der Waals surface area contributed by atoms with Crippen molar-refractivity contribution < 1.29 is 76.5 Å². The number of β-lactam (4-membered cyclic amide) rings is 1. The summed E-state index contributed by atoms with van der Waals surface area (Å²) in [5.41, 5.74) is -0.965.